The van der Waals surface area contributed by atoms with Crippen LogP contribution in [0.15, 0.2) is 42.5 Å². The van der Waals surface area contributed by atoms with Gasteiger partial charge in [-0.1, -0.05) is 42.5 Å². The number of carbonyl (C=O) groups excluding carboxylic acids is 1. The molecule has 0 bridgehead atoms. The number of aliphatic hydroxyl groups is 3. The lowest BCUT2D eigenvalue weighted by molar-refractivity contribution is -0.121. The summed E-state index contributed by atoms with van der Waals surface area (Å²) in [6, 6.07) is 10.1. The summed E-state index contributed by atoms with van der Waals surface area (Å²) in [5.41, 5.74) is 1.20. The first kappa shape index (κ1) is 29.8. The molecule has 9 heteroatoms. The van der Waals surface area contributed by atoms with Crippen molar-refractivity contribution in [1.29, 1.82) is 0 Å². The van der Waals surface area contributed by atoms with E-state index in [0.717, 1.165) is 29.9 Å². The highest BCUT2D eigenvalue weighted by molar-refractivity contribution is 8.71. The van der Waals surface area contributed by atoms with Gasteiger partial charge in [0.15, 0.2) is 8.87 Å². The molecule has 1 aliphatic carbocycles. The van der Waals surface area contributed by atoms with E-state index in [1.54, 1.807) is 0 Å². The van der Waals surface area contributed by atoms with Crippen LogP contribution in [0.1, 0.15) is 56.9 Å². The maximum atomic E-state index is 11.8. The number of nitrogens with one attached hydrogen (secondary N) is 1. The van der Waals surface area contributed by atoms with Gasteiger partial charge in [-0.15, -0.1) is 0 Å². The summed E-state index contributed by atoms with van der Waals surface area (Å²) in [6.07, 6.45) is 9.31. The Morgan fingerprint density at radius 2 is 1.86 bits per heavy atom. The predicted molar refractivity (Wildman–Crippen MR) is 142 cm³/mol. The Hall–Kier alpha value is -1.39. The molecule has 0 radical (unpaired) electrons. The van der Waals surface area contributed by atoms with Gasteiger partial charge < -0.3 is 20.6 Å². The number of rotatable bonds is 16. The van der Waals surface area contributed by atoms with Crippen molar-refractivity contribution in [3.63, 3.8) is 0 Å². The van der Waals surface area contributed by atoms with Gasteiger partial charge >= 0.3 is 0 Å². The van der Waals surface area contributed by atoms with Crippen LogP contribution < -0.4 is 5.32 Å². The van der Waals surface area contributed by atoms with Crippen molar-refractivity contribution in [2.75, 3.05) is 18.6 Å². The third-order valence-electron chi connectivity index (χ3n) is 6.53. The van der Waals surface area contributed by atoms with Crippen LogP contribution in [0.25, 0.3) is 0 Å². The molecule has 1 aliphatic rings. The van der Waals surface area contributed by atoms with Crippen molar-refractivity contribution >= 4 is 25.6 Å². The molecule has 1 saturated carbocycles. The predicted octanol–water partition coefficient (Wildman–Crippen LogP) is 3.04. The zero-order valence-electron chi connectivity index (χ0n) is 20.6. The minimum absolute atomic E-state index is 0.0294. The van der Waals surface area contributed by atoms with E-state index in [0.29, 0.717) is 57.2 Å². The second-order valence-electron chi connectivity index (χ2n) is 9.43. The van der Waals surface area contributed by atoms with Gasteiger partial charge in [0.05, 0.1) is 18.3 Å². The number of hydrogen-bond donors (Lipinski definition) is 4. The van der Waals surface area contributed by atoms with Gasteiger partial charge in [-0.05, 0) is 79.6 Å². The van der Waals surface area contributed by atoms with E-state index in [9.17, 15) is 28.5 Å². The van der Waals surface area contributed by atoms with Crippen LogP contribution in [0.5, 0.6) is 0 Å². The number of carbonyl (C=O) groups is 1. The number of aliphatic hydroxyl groups excluding tert-OH is 3. The fraction of sp³-hybridized carbons (Fsp3) is 0.654. The van der Waals surface area contributed by atoms with Crippen LogP contribution in [-0.2, 0) is 20.1 Å². The molecule has 35 heavy (non-hydrogen) atoms. The third-order valence-corrected chi connectivity index (χ3v) is 9.12. The molecule has 1 aromatic carbocycles. The van der Waals surface area contributed by atoms with Gasteiger partial charge in [0, 0.05) is 25.0 Å². The average Bonchev–Trinajstić information content (AvgIpc) is 3.08. The number of allylic oxidation sites excluding steroid dienone is 2. The van der Waals surface area contributed by atoms with E-state index in [-0.39, 0.29) is 17.7 Å². The molecule has 0 heterocycles. The van der Waals surface area contributed by atoms with Gasteiger partial charge in [0.2, 0.25) is 5.91 Å². The smallest absolute Gasteiger partial charge is 0.220 e. The summed E-state index contributed by atoms with van der Waals surface area (Å²) >= 11 is 0. The molecule has 0 aliphatic heterocycles. The number of amides is 1. The SMILES string of the molecule is CS(=O)(=O)SCCNC(=O)CCC/C=C/C[C@@H]1[C@@H](CC[C@@H](O)CCc2ccccc2)[C@H](O)C[C@@H]1O. The standard InChI is InChI=1S/C26H41NO6S2/c1-35(32,33)34-18-17-27-26(31)12-8-3-2-7-11-22-23(25(30)19-24(22)29)16-15-21(28)14-13-20-9-5-4-6-10-20/h2,4-7,9-10,21-25,28-30H,3,8,11-19H2,1H3,(H,27,31)/b7-2+/t21-,22+,23+,24-,25+/m0/s1. The molecule has 0 unspecified atom stereocenters. The van der Waals surface area contributed by atoms with Crippen LogP contribution in [0, 0.1) is 11.8 Å². The van der Waals surface area contributed by atoms with Crippen molar-refractivity contribution in [1.82, 2.24) is 5.32 Å². The Kier molecular flexibility index (Phi) is 13.4. The molecule has 0 aromatic heterocycles. The quantitative estimate of drug-likeness (QED) is 0.148. The first-order valence-corrected chi connectivity index (χ1v) is 15.9. The molecule has 0 spiro atoms. The summed E-state index contributed by atoms with van der Waals surface area (Å²) in [5.74, 6) is 0.188. The second kappa shape index (κ2) is 15.7. The van der Waals surface area contributed by atoms with Crippen molar-refractivity contribution in [3.05, 3.63) is 48.0 Å². The Bertz CT molecular complexity index is 877. The number of benzene rings is 1. The molecule has 1 aromatic rings. The van der Waals surface area contributed by atoms with Crippen LogP contribution in [-0.4, -0.2) is 66.5 Å². The first-order valence-electron chi connectivity index (χ1n) is 12.5. The van der Waals surface area contributed by atoms with E-state index < -0.39 is 27.2 Å². The minimum Gasteiger partial charge on any atom is -0.393 e. The van der Waals surface area contributed by atoms with E-state index in [4.69, 9.17) is 0 Å². The summed E-state index contributed by atoms with van der Waals surface area (Å²) in [6.45, 7) is 0.330. The van der Waals surface area contributed by atoms with E-state index in [1.807, 2.05) is 30.4 Å². The molecule has 1 fully saturated rings. The summed E-state index contributed by atoms with van der Waals surface area (Å²) in [7, 11) is -2.26. The van der Waals surface area contributed by atoms with E-state index >= 15 is 0 Å². The number of unbranched alkanes of at least 4 members (excludes halogenated alkanes) is 1. The topological polar surface area (TPSA) is 124 Å². The molecule has 7 nitrogen and oxygen atoms in total. The minimum atomic E-state index is -3.08. The largest absolute Gasteiger partial charge is 0.393 e. The van der Waals surface area contributed by atoms with E-state index in [2.05, 4.69) is 17.4 Å². The highest BCUT2D eigenvalue weighted by Crippen LogP contribution is 2.38. The molecule has 2 rings (SSSR count). The molecular weight excluding hydrogens is 486 g/mol. The zero-order chi connectivity index (χ0) is 25.7. The zero-order valence-corrected chi connectivity index (χ0v) is 22.2. The molecule has 0 saturated heterocycles. The van der Waals surface area contributed by atoms with Crippen LogP contribution >= 0.6 is 10.8 Å². The van der Waals surface area contributed by atoms with Crippen LogP contribution in [0.3, 0.4) is 0 Å². The molecule has 198 valence electrons. The number of aryl methyl sites for hydroxylation is 1. The summed E-state index contributed by atoms with van der Waals surface area (Å²) < 4.78 is 22.1. The fourth-order valence-corrected chi connectivity index (χ4v) is 6.28. The monoisotopic (exact) mass is 527 g/mol. The lowest BCUT2D eigenvalue weighted by Gasteiger charge is -2.23. The van der Waals surface area contributed by atoms with E-state index in [1.165, 1.54) is 5.56 Å². The first-order chi connectivity index (χ1) is 16.7. The lowest BCUT2D eigenvalue weighted by atomic mass is 9.85. The Labute approximate surface area is 213 Å². The highest BCUT2D eigenvalue weighted by atomic mass is 33.1. The van der Waals surface area contributed by atoms with Gasteiger partial charge in [-0.25, -0.2) is 8.42 Å². The highest BCUT2D eigenvalue weighted by Gasteiger charge is 2.40. The lowest BCUT2D eigenvalue weighted by Crippen LogP contribution is -2.25. The maximum absolute atomic E-state index is 11.8. The van der Waals surface area contributed by atoms with Crippen molar-refractivity contribution in [2.45, 2.75) is 76.1 Å². The average molecular weight is 528 g/mol. The van der Waals surface area contributed by atoms with Crippen molar-refractivity contribution in [2.24, 2.45) is 11.8 Å². The maximum Gasteiger partial charge on any atom is 0.220 e. The molecule has 4 N–H and O–H groups in total. The Morgan fingerprint density at radius 3 is 2.57 bits per heavy atom. The van der Waals surface area contributed by atoms with Gasteiger partial charge in [-0.2, -0.15) is 0 Å². The van der Waals surface area contributed by atoms with Gasteiger partial charge in [-0.3, -0.25) is 4.79 Å². The normalized spacial score (nSPS) is 23.5. The molecule has 5 atom stereocenters. The summed E-state index contributed by atoms with van der Waals surface area (Å²) in [4.78, 5) is 11.8. The third kappa shape index (κ3) is 12.4. The van der Waals surface area contributed by atoms with Crippen LogP contribution in [0.2, 0.25) is 0 Å². The van der Waals surface area contributed by atoms with Gasteiger partial charge in [0.1, 0.15) is 0 Å². The van der Waals surface area contributed by atoms with Gasteiger partial charge in [0.25, 0.3) is 0 Å². The van der Waals surface area contributed by atoms with Crippen molar-refractivity contribution in [3.8, 4) is 0 Å². The fourth-order valence-electron chi connectivity index (χ4n) is 4.64. The molecular formula is C26H41NO6S2. The second-order valence-corrected chi connectivity index (χ2v) is 14.0. The number of hydrogen-bond acceptors (Lipinski definition) is 7. The summed E-state index contributed by atoms with van der Waals surface area (Å²) in [5, 5.41) is 34.0. The van der Waals surface area contributed by atoms with Crippen molar-refractivity contribution < 1.29 is 28.5 Å². The Morgan fingerprint density at radius 1 is 1.14 bits per heavy atom. The van der Waals surface area contributed by atoms with Crippen LogP contribution in [0.4, 0.5) is 0 Å². The Balaban J connectivity index is 1.64. The molecule has 1 amide bonds.